The van der Waals surface area contributed by atoms with Crippen LogP contribution in [-0.2, 0) is 0 Å². The summed E-state index contributed by atoms with van der Waals surface area (Å²) in [7, 11) is 0. The molecule has 3 aromatic rings. The zero-order valence-electron chi connectivity index (χ0n) is 13.6. The third-order valence-electron chi connectivity index (χ3n) is 4.65. The van der Waals surface area contributed by atoms with E-state index in [4.69, 9.17) is 9.97 Å². The largest absolute Gasteiger partial charge is 0.341 e. The van der Waals surface area contributed by atoms with Crippen LogP contribution in [-0.4, -0.2) is 28.0 Å². The van der Waals surface area contributed by atoms with Gasteiger partial charge in [0.25, 0.3) is 0 Å². The Morgan fingerprint density at radius 1 is 0.957 bits per heavy atom. The van der Waals surface area contributed by atoms with Crippen molar-refractivity contribution in [3.63, 3.8) is 0 Å². The zero-order valence-corrected chi connectivity index (χ0v) is 13.6. The van der Waals surface area contributed by atoms with Crippen molar-refractivity contribution in [2.24, 2.45) is 0 Å². The quantitative estimate of drug-likeness (QED) is 0.720. The molecule has 2 aromatic heterocycles. The molecule has 1 saturated heterocycles. The molecule has 1 aromatic carbocycles. The van der Waals surface area contributed by atoms with Gasteiger partial charge in [-0.2, -0.15) is 0 Å². The second-order valence-corrected chi connectivity index (χ2v) is 6.16. The molecule has 0 bridgehead atoms. The molecule has 4 rings (SSSR count). The SMILES string of the molecule is Cc1nc(N2CCCC2)nc(-c2cccc3cccnc23)c1C. The molecule has 0 saturated carbocycles. The zero-order chi connectivity index (χ0) is 15.8. The number of hydrogen-bond acceptors (Lipinski definition) is 4. The van der Waals surface area contributed by atoms with Crippen LogP contribution < -0.4 is 4.90 Å². The maximum absolute atomic E-state index is 4.91. The fourth-order valence-electron chi connectivity index (χ4n) is 3.23. The average molecular weight is 304 g/mol. The van der Waals surface area contributed by atoms with E-state index in [-0.39, 0.29) is 0 Å². The van der Waals surface area contributed by atoms with Crippen molar-refractivity contribution in [2.75, 3.05) is 18.0 Å². The van der Waals surface area contributed by atoms with E-state index >= 15 is 0 Å². The Hall–Kier alpha value is -2.49. The molecule has 0 spiro atoms. The minimum Gasteiger partial charge on any atom is -0.341 e. The first-order valence-corrected chi connectivity index (χ1v) is 8.18. The minimum absolute atomic E-state index is 0.855. The Balaban J connectivity index is 1.93. The Morgan fingerprint density at radius 2 is 1.74 bits per heavy atom. The molecule has 0 aliphatic carbocycles. The van der Waals surface area contributed by atoms with Gasteiger partial charge in [0.1, 0.15) is 0 Å². The minimum atomic E-state index is 0.855. The van der Waals surface area contributed by atoms with Crippen LogP contribution in [0.15, 0.2) is 36.5 Å². The summed E-state index contributed by atoms with van der Waals surface area (Å²) in [5, 5.41) is 1.14. The summed E-state index contributed by atoms with van der Waals surface area (Å²) in [5.74, 6) is 0.855. The molecular weight excluding hydrogens is 284 g/mol. The van der Waals surface area contributed by atoms with Gasteiger partial charge in [-0.3, -0.25) is 4.98 Å². The summed E-state index contributed by atoms with van der Waals surface area (Å²) in [6, 6.07) is 10.3. The number of aryl methyl sites for hydroxylation is 1. The summed E-state index contributed by atoms with van der Waals surface area (Å²) in [6.07, 6.45) is 4.29. The van der Waals surface area contributed by atoms with E-state index in [0.717, 1.165) is 52.5 Å². The monoisotopic (exact) mass is 304 g/mol. The van der Waals surface area contributed by atoms with Gasteiger partial charge in [-0.25, -0.2) is 9.97 Å². The third kappa shape index (κ3) is 2.44. The molecule has 1 aliphatic rings. The second kappa shape index (κ2) is 5.61. The molecule has 1 fully saturated rings. The topological polar surface area (TPSA) is 41.9 Å². The van der Waals surface area contributed by atoms with E-state index in [9.17, 15) is 0 Å². The summed E-state index contributed by atoms with van der Waals surface area (Å²) in [4.78, 5) is 16.5. The highest BCUT2D eigenvalue weighted by Gasteiger charge is 2.19. The van der Waals surface area contributed by atoms with Crippen molar-refractivity contribution in [2.45, 2.75) is 26.7 Å². The van der Waals surface area contributed by atoms with Crippen molar-refractivity contribution < 1.29 is 0 Å². The third-order valence-corrected chi connectivity index (χ3v) is 4.65. The number of nitrogens with zero attached hydrogens (tertiary/aromatic N) is 4. The first kappa shape index (κ1) is 14.1. The van der Waals surface area contributed by atoms with Crippen molar-refractivity contribution in [3.8, 4) is 11.3 Å². The molecule has 0 atom stereocenters. The number of aromatic nitrogens is 3. The fraction of sp³-hybridized carbons (Fsp3) is 0.316. The summed E-state index contributed by atoms with van der Waals surface area (Å²) >= 11 is 0. The van der Waals surface area contributed by atoms with Gasteiger partial charge in [0, 0.05) is 35.9 Å². The highest BCUT2D eigenvalue weighted by Crippen LogP contribution is 2.30. The van der Waals surface area contributed by atoms with Crippen LogP contribution in [0.25, 0.3) is 22.2 Å². The highest BCUT2D eigenvalue weighted by molar-refractivity contribution is 5.93. The second-order valence-electron chi connectivity index (χ2n) is 6.16. The predicted octanol–water partition coefficient (Wildman–Crippen LogP) is 3.91. The highest BCUT2D eigenvalue weighted by atomic mass is 15.3. The first-order chi connectivity index (χ1) is 11.2. The lowest BCUT2D eigenvalue weighted by molar-refractivity contribution is 0.885. The Bertz CT molecular complexity index is 861. The van der Waals surface area contributed by atoms with Gasteiger partial charge < -0.3 is 4.90 Å². The van der Waals surface area contributed by atoms with Crippen LogP contribution in [0, 0.1) is 13.8 Å². The van der Waals surface area contributed by atoms with Gasteiger partial charge >= 0.3 is 0 Å². The molecule has 23 heavy (non-hydrogen) atoms. The van der Waals surface area contributed by atoms with Gasteiger partial charge in [0.15, 0.2) is 0 Å². The van der Waals surface area contributed by atoms with Crippen LogP contribution in [0.3, 0.4) is 0 Å². The average Bonchev–Trinajstić information content (AvgIpc) is 3.11. The lowest BCUT2D eigenvalue weighted by Crippen LogP contribution is -2.21. The van der Waals surface area contributed by atoms with Crippen molar-refractivity contribution in [1.29, 1.82) is 0 Å². The number of hydrogen-bond donors (Lipinski definition) is 0. The molecule has 1 aliphatic heterocycles. The van der Waals surface area contributed by atoms with Crippen molar-refractivity contribution in [3.05, 3.63) is 47.8 Å². The van der Waals surface area contributed by atoms with E-state index in [0.29, 0.717) is 0 Å². The molecular formula is C19H20N4. The predicted molar refractivity (Wildman–Crippen MR) is 93.7 cm³/mol. The van der Waals surface area contributed by atoms with E-state index in [1.54, 1.807) is 0 Å². The number of fused-ring (bicyclic) bond motifs is 1. The molecule has 0 unspecified atom stereocenters. The van der Waals surface area contributed by atoms with Gasteiger partial charge in [0.2, 0.25) is 5.95 Å². The van der Waals surface area contributed by atoms with Gasteiger partial charge in [-0.05, 0) is 38.3 Å². The van der Waals surface area contributed by atoms with E-state index in [1.807, 2.05) is 12.3 Å². The molecule has 116 valence electrons. The van der Waals surface area contributed by atoms with E-state index in [1.165, 1.54) is 12.8 Å². The fourth-order valence-corrected chi connectivity index (χ4v) is 3.23. The Kier molecular flexibility index (Phi) is 3.45. The van der Waals surface area contributed by atoms with Crippen LogP contribution >= 0.6 is 0 Å². The Morgan fingerprint density at radius 3 is 2.57 bits per heavy atom. The molecule has 0 N–H and O–H groups in total. The van der Waals surface area contributed by atoms with Crippen molar-refractivity contribution >= 4 is 16.9 Å². The molecule has 0 radical (unpaired) electrons. The van der Waals surface area contributed by atoms with Gasteiger partial charge in [-0.15, -0.1) is 0 Å². The normalized spacial score (nSPS) is 14.6. The number of pyridine rings is 1. The van der Waals surface area contributed by atoms with Gasteiger partial charge in [0.05, 0.1) is 11.2 Å². The van der Waals surface area contributed by atoms with Crippen LogP contribution in [0.2, 0.25) is 0 Å². The van der Waals surface area contributed by atoms with Gasteiger partial charge in [-0.1, -0.05) is 24.3 Å². The van der Waals surface area contributed by atoms with E-state index in [2.05, 4.69) is 48.0 Å². The summed E-state index contributed by atoms with van der Waals surface area (Å²) < 4.78 is 0. The number of benzene rings is 1. The number of anilines is 1. The lowest BCUT2D eigenvalue weighted by Gasteiger charge is -2.18. The first-order valence-electron chi connectivity index (χ1n) is 8.18. The van der Waals surface area contributed by atoms with Crippen LogP contribution in [0.4, 0.5) is 5.95 Å². The smallest absolute Gasteiger partial charge is 0.226 e. The van der Waals surface area contributed by atoms with Crippen LogP contribution in [0.1, 0.15) is 24.1 Å². The molecule has 4 heteroatoms. The summed E-state index contributed by atoms with van der Waals surface area (Å²) in [5.41, 5.74) is 5.27. The molecule has 0 amide bonds. The molecule has 3 heterocycles. The Labute approximate surface area is 136 Å². The van der Waals surface area contributed by atoms with Crippen LogP contribution in [0.5, 0.6) is 0 Å². The summed E-state index contributed by atoms with van der Waals surface area (Å²) in [6.45, 7) is 6.27. The standard InChI is InChI=1S/C19H20N4/c1-13-14(2)21-19(23-11-3-4-12-23)22-17(13)16-9-5-7-15-8-6-10-20-18(15)16/h5-10H,3-4,11-12H2,1-2H3. The number of rotatable bonds is 2. The number of para-hydroxylation sites is 1. The van der Waals surface area contributed by atoms with Crippen molar-refractivity contribution in [1.82, 2.24) is 15.0 Å². The maximum Gasteiger partial charge on any atom is 0.226 e. The van der Waals surface area contributed by atoms with E-state index < -0.39 is 0 Å². The molecule has 4 nitrogen and oxygen atoms in total. The maximum atomic E-state index is 4.91. The lowest BCUT2D eigenvalue weighted by atomic mass is 10.0.